The lowest BCUT2D eigenvalue weighted by atomic mass is 9.66. The molecule has 0 fully saturated rings. The molecule has 1 aromatic heterocycles. The molecule has 0 saturated heterocycles. The summed E-state index contributed by atoms with van der Waals surface area (Å²) < 4.78 is 0. The Balaban J connectivity index is 1.13. The fraction of sp³-hybridized carbons (Fsp3) is 0.0189. The number of aromatic nitrogens is 3. The molecule has 1 spiro atoms. The smallest absolute Gasteiger partial charge is 0.164 e. The van der Waals surface area contributed by atoms with Crippen LogP contribution in [0.2, 0.25) is 0 Å². The summed E-state index contributed by atoms with van der Waals surface area (Å²) in [6, 6.07) is 70.5. The van der Waals surface area contributed by atoms with E-state index in [9.17, 15) is 5.26 Å². The molecule has 2 aliphatic rings. The summed E-state index contributed by atoms with van der Waals surface area (Å²) in [5, 5.41) is 9.51. The lowest BCUT2D eigenvalue weighted by Gasteiger charge is -2.40. The fourth-order valence-electron chi connectivity index (χ4n) is 8.75. The van der Waals surface area contributed by atoms with Crippen LogP contribution in [-0.4, -0.2) is 15.0 Å². The van der Waals surface area contributed by atoms with E-state index in [1.165, 1.54) is 43.2 Å². The van der Waals surface area contributed by atoms with Crippen molar-refractivity contribution in [1.82, 2.24) is 15.0 Å². The molecule has 1 aliphatic carbocycles. The Hall–Kier alpha value is -7.39. The summed E-state index contributed by atoms with van der Waals surface area (Å²) in [4.78, 5) is 17.9. The number of hydrogen-bond donors (Lipinski definition) is 0. The van der Waals surface area contributed by atoms with Gasteiger partial charge in [0.25, 0.3) is 0 Å². The van der Waals surface area contributed by atoms with Gasteiger partial charge in [0, 0.05) is 26.5 Å². The van der Waals surface area contributed by atoms with E-state index >= 15 is 0 Å². The first kappa shape index (κ1) is 33.9. The number of nitrogens with zero attached hydrogens (tertiary/aromatic N) is 4. The van der Waals surface area contributed by atoms with Gasteiger partial charge >= 0.3 is 0 Å². The molecular formula is C53H32N4S. The minimum Gasteiger partial charge on any atom is -0.208 e. The van der Waals surface area contributed by atoms with E-state index in [2.05, 4.69) is 152 Å². The van der Waals surface area contributed by atoms with Crippen LogP contribution in [0.25, 0.3) is 67.5 Å². The highest BCUT2D eigenvalue weighted by Crippen LogP contribution is 2.62. The Labute approximate surface area is 341 Å². The maximum absolute atomic E-state index is 9.51. The van der Waals surface area contributed by atoms with Gasteiger partial charge in [0.05, 0.1) is 17.0 Å². The zero-order valence-corrected chi connectivity index (χ0v) is 32.0. The minimum atomic E-state index is -0.604. The van der Waals surface area contributed by atoms with Gasteiger partial charge in [0.1, 0.15) is 0 Å². The third-order valence-electron chi connectivity index (χ3n) is 11.5. The Kier molecular flexibility index (Phi) is 7.99. The first-order chi connectivity index (χ1) is 28.7. The van der Waals surface area contributed by atoms with Gasteiger partial charge in [0.15, 0.2) is 17.5 Å². The van der Waals surface area contributed by atoms with E-state index in [-0.39, 0.29) is 0 Å². The van der Waals surface area contributed by atoms with Crippen LogP contribution in [0, 0.1) is 11.3 Å². The van der Waals surface area contributed by atoms with Crippen LogP contribution >= 0.6 is 11.8 Å². The molecule has 0 bridgehead atoms. The molecule has 58 heavy (non-hydrogen) atoms. The zero-order chi connectivity index (χ0) is 38.6. The van der Waals surface area contributed by atoms with Crippen molar-refractivity contribution in [3.63, 3.8) is 0 Å². The highest BCUT2D eigenvalue weighted by molar-refractivity contribution is 7.99. The van der Waals surface area contributed by atoms with Gasteiger partial charge in [-0.15, -0.1) is 0 Å². The second-order valence-electron chi connectivity index (χ2n) is 14.7. The van der Waals surface area contributed by atoms with Crippen molar-refractivity contribution in [2.24, 2.45) is 0 Å². The zero-order valence-electron chi connectivity index (χ0n) is 31.2. The standard InChI is InChI=1S/C53H32N4S/c54-33-34-19-21-37(22-20-34)40-27-29-48-46(31-40)53(44-17-9-7-15-42(44)43-16-8-10-18-45(43)53)47-32-41(28-30-49(47)58-48)52-56-50(38-13-5-2-6-14-38)55-51(57-52)39-25-23-36(24-26-39)35-11-3-1-4-12-35/h1-32H. The van der Waals surface area contributed by atoms with Gasteiger partial charge in [-0.25, -0.2) is 15.0 Å². The molecule has 1 aliphatic heterocycles. The molecule has 2 heterocycles. The van der Waals surface area contributed by atoms with E-state index in [1.807, 2.05) is 60.3 Å². The normalized spacial score (nSPS) is 12.9. The summed E-state index contributed by atoms with van der Waals surface area (Å²) >= 11 is 1.81. The summed E-state index contributed by atoms with van der Waals surface area (Å²) in [7, 11) is 0. The monoisotopic (exact) mass is 756 g/mol. The molecule has 0 N–H and O–H groups in total. The molecular weight excluding hydrogens is 725 g/mol. The van der Waals surface area contributed by atoms with Crippen LogP contribution < -0.4 is 0 Å². The van der Waals surface area contributed by atoms with E-state index in [1.54, 1.807) is 0 Å². The second kappa shape index (κ2) is 13.7. The maximum Gasteiger partial charge on any atom is 0.164 e. The minimum absolute atomic E-state index is 0.604. The number of hydrogen-bond acceptors (Lipinski definition) is 5. The van der Waals surface area contributed by atoms with Crippen molar-refractivity contribution in [3.05, 3.63) is 222 Å². The highest BCUT2D eigenvalue weighted by atomic mass is 32.2. The molecule has 11 rings (SSSR count). The van der Waals surface area contributed by atoms with Crippen molar-refractivity contribution in [1.29, 1.82) is 5.26 Å². The van der Waals surface area contributed by atoms with E-state index in [0.29, 0.717) is 23.0 Å². The van der Waals surface area contributed by atoms with Crippen molar-refractivity contribution in [2.75, 3.05) is 0 Å². The number of nitriles is 1. The van der Waals surface area contributed by atoms with Crippen LogP contribution in [-0.2, 0) is 5.41 Å². The Morgan fingerprint density at radius 3 is 1.34 bits per heavy atom. The van der Waals surface area contributed by atoms with Crippen LogP contribution in [0.3, 0.4) is 0 Å². The predicted octanol–water partition coefficient (Wildman–Crippen LogP) is 12.9. The van der Waals surface area contributed by atoms with Crippen LogP contribution in [0.5, 0.6) is 0 Å². The van der Waals surface area contributed by atoms with Crippen LogP contribution in [0.4, 0.5) is 0 Å². The molecule has 9 aromatic rings. The summed E-state index contributed by atoms with van der Waals surface area (Å²) in [6.07, 6.45) is 0. The number of fused-ring (bicyclic) bond motifs is 9. The average Bonchev–Trinajstić information content (AvgIpc) is 3.60. The SMILES string of the molecule is N#Cc1ccc(-c2ccc3c(c2)C2(c4cc(-c5nc(-c6ccccc6)nc(-c6ccc(-c7ccccc7)cc6)n5)ccc4S3)c3ccccc3-c3ccccc32)cc1. The molecule has 0 amide bonds. The molecule has 0 atom stereocenters. The quantitative estimate of drug-likeness (QED) is 0.175. The molecule has 0 radical (unpaired) electrons. The van der Waals surface area contributed by atoms with Gasteiger partial charge < -0.3 is 0 Å². The topological polar surface area (TPSA) is 62.5 Å². The predicted molar refractivity (Wildman–Crippen MR) is 233 cm³/mol. The first-order valence-corrected chi connectivity index (χ1v) is 20.1. The number of rotatable bonds is 5. The van der Waals surface area contributed by atoms with E-state index in [0.717, 1.165) is 38.9 Å². The van der Waals surface area contributed by atoms with Crippen molar-refractivity contribution >= 4 is 11.8 Å². The third-order valence-corrected chi connectivity index (χ3v) is 12.6. The summed E-state index contributed by atoms with van der Waals surface area (Å²) in [6.45, 7) is 0. The molecule has 4 nitrogen and oxygen atoms in total. The molecule has 270 valence electrons. The third kappa shape index (κ3) is 5.42. The van der Waals surface area contributed by atoms with E-state index in [4.69, 9.17) is 15.0 Å². The lowest BCUT2D eigenvalue weighted by molar-refractivity contribution is 0.723. The lowest BCUT2D eigenvalue weighted by Crippen LogP contribution is -2.32. The van der Waals surface area contributed by atoms with Gasteiger partial charge in [-0.05, 0) is 92.0 Å². The van der Waals surface area contributed by atoms with Crippen molar-refractivity contribution < 1.29 is 0 Å². The summed E-state index contributed by atoms with van der Waals surface area (Å²) in [5.41, 5.74) is 14.7. The second-order valence-corrected chi connectivity index (χ2v) is 15.8. The molecule has 5 heteroatoms. The largest absolute Gasteiger partial charge is 0.208 e. The fourth-order valence-corrected chi connectivity index (χ4v) is 9.90. The van der Waals surface area contributed by atoms with Crippen LogP contribution in [0.15, 0.2) is 204 Å². The van der Waals surface area contributed by atoms with Crippen molar-refractivity contribution in [2.45, 2.75) is 15.2 Å². The Morgan fingerprint density at radius 2 is 0.759 bits per heavy atom. The molecule has 8 aromatic carbocycles. The Bertz CT molecular complexity index is 3030. The van der Waals surface area contributed by atoms with E-state index < -0.39 is 5.41 Å². The van der Waals surface area contributed by atoms with Gasteiger partial charge in [-0.3, -0.25) is 0 Å². The number of benzene rings is 8. The summed E-state index contributed by atoms with van der Waals surface area (Å²) in [5.74, 6) is 1.87. The molecule has 0 saturated carbocycles. The van der Waals surface area contributed by atoms with Crippen LogP contribution in [0.1, 0.15) is 27.8 Å². The average molecular weight is 757 g/mol. The highest BCUT2D eigenvalue weighted by Gasteiger charge is 2.50. The van der Waals surface area contributed by atoms with Gasteiger partial charge in [-0.2, -0.15) is 5.26 Å². The van der Waals surface area contributed by atoms with Gasteiger partial charge in [0.2, 0.25) is 0 Å². The van der Waals surface area contributed by atoms with Gasteiger partial charge in [-0.1, -0.05) is 169 Å². The maximum atomic E-state index is 9.51. The Morgan fingerprint density at radius 1 is 0.362 bits per heavy atom. The first-order valence-electron chi connectivity index (χ1n) is 19.3. The van der Waals surface area contributed by atoms with Crippen molar-refractivity contribution in [3.8, 4) is 73.6 Å². The molecule has 0 unspecified atom stereocenters.